The smallest absolute Gasteiger partial charge is 0.257 e. The molecule has 7 rings (SSSR count). The molecule has 0 spiro atoms. The first-order valence-electron chi connectivity index (χ1n) is 21.3. The number of hydrogen-bond acceptors (Lipinski definition) is 6. The van der Waals surface area contributed by atoms with Gasteiger partial charge in [-0.2, -0.15) is 0 Å². The molecule has 0 bridgehead atoms. The van der Waals surface area contributed by atoms with Crippen molar-refractivity contribution < 1.29 is 28.6 Å². The zero-order valence-corrected chi connectivity index (χ0v) is 37.6. The number of rotatable bonds is 15. The Labute approximate surface area is 358 Å². The van der Waals surface area contributed by atoms with E-state index in [1.807, 2.05) is 108 Å². The second-order valence-electron chi connectivity index (χ2n) is 17.4. The second-order valence-corrected chi connectivity index (χ2v) is 22.2. The SMILES string of the molecule is CC(C)(C)[Si](C)(C)OCCCN1C(=O)c2ccccc2C1(O)c1ccccc1.CCCCN1C(=O)c2ccccc2C1(OC[C@H](C)c1ccc(OC)cc1)c1ccccc1. The molecule has 0 fully saturated rings. The van der Waals surface area contributed by atoms with E-state index >= 15 is 0 Å². The summed E-state index contributed by atoms with van der Waals surface area (Å²) in [7, 11) is -0.157. The van der Waals surface area contributed by atoms with E-state index in [9.17, 15) is 14.7 Å². The third-order valence-corrected chi connectivity index (χ3v) is 17.0. The molecule has 316 valence electrons. The molecule has 5 aromatic rings. The van der Waals surface area contributed by atoms with Crippen LogP contribution in [0.4, 0.5) is 0 Å². The van der Waals surface area contributed by atoms with Gasteiger partial charge in [-0.3, -0.25) is 9.59 Å². The third kappa shape index (κ3) is 8.72. The molecule has 2 aliphatic heterocycles. The third-order valence-electron chi connectivity index (χ3n) is 12.4. The van der Waals surface area contributed by atoms with Crippen molar-refractivity contribution >= 4 is 20.1 Å². The maximum Gasteiger partial charge on any atom is 0.257 e. The topological polar surface area (TPSA) is 88.5 Å². The molecule has 0 saturated carbocycles. The Morgan fingerprint density at radius 3 is 1.78 bits per heavy atom. The van der Waals surface area contributed by atoms with Gasteiger partial charge in [0.1, 0.15) is 5.75 Å². The van der Waals surface area contributed by atoms with Crippen LogP contribution in [0.3, 0.4) is 0 Å². The van der Waals surface area contributed by atoms with Crippen LogP contribution in [-0.4, -0.2) is 68.5 Å². The van der Waals surface area contributed by atoms with Crippen LogP contribution < -0.4 is 4.74 Å². The number of hydrogen-bond donors (Lipinski definition) is 1. The Balaban J connectivity index is 0.000000203. The Morgan fingerprint density at radius 1 is 0.683 bits per heavy atom. The average Bonchev–Trinajstić information content (AvgIpc) is 3.64. The number of nitrogens with zero attached hydrogens (tertiary/aromatic N) is 2. The van der Waals surface area contributed by atoms with Crippen molar-refractivity contribution in [3.63, 3.8) is 0 Å². The van der Waals surface area contributed by atoms with Gasteiger partial charge in [0.2, 0.25) is 0 Å². The average molecular weight is 827 g/mol. The van der Waals surface area contributed by atoms with Crippen molar-refractivity contribution in [1.82, 2.24) is 9.80 Å². The molecule has 3 atom stereocenters. The number of aliphatic hydroxyl groups is 1. The number of benzene rings is 5. The van der Waals surface area contributed by atoms with Crippen LogP contribution in [0.5, 0.6) is 5.75 Å². The number of carbonyl (C=O) groups excluding carboxylic acids is 2. The first-order valence-corrected chi connectivity index (χ1v) is 24.2. The van der Waals surface area contributed by atoms with Gasteiger partial charge in [0, 0.05) is 59.0 Å². The molecule has 1 N–H and O–H groups in total. The van der Waals surface area contributed by atoms with Crippen LogP contribution in [0.1, 0.15) is 108 Å². The summed E-state index contributed by atoms with van der Waals surface area (Å²) < 4.78 is 18.4. The van der Waals surface area contributed by atoms with E-state index in [-0.39, 0.29) is 22.8 Å². The fourth-order valence-corrected chi connectivity index (χ4v) is 8.97. The number of methoxy groups -OCH3 is 1. The molecular formula is C51H62N2O6Si. The Hall–Kier alpha value is -5.06. The molecule has 0 saturated heterocycles. The fourth-order valence-electron chi connectivity index (χ4n) is 7.89. The molecule has 0 aliphatic carbocycles. The van der Waals surface area contributed by atoms with Crippen LogP contribution in [0.15, 0.2) is 133 Å². The van der Waals surface area contributed by atoms with Crippen molar-refractivity contribution in [2.45, 2.75) is 89.4 Å². The van der Waals surface area contributed by atoms with Gasteiger partial charge in [0.05, 0.1) is 13.7 Å². The van der Waals surface area contributed by atoms with E-state index in [1.54, 1.807) is 18.1 Å². The van der Waals surface area contributed by atoms with Gasteiger partial charge in [-0.1, -0.05) is 150 Å². The summed E-state index contributed by atoms with van der Waals surface area (Å²) in [4.78, 5) is 30.1. The largest absolute Gasteiger partial charge is 0.497 e. The van der Waals surface area contributed by atoms with E-state index < -0.39 is 19.8 Å². The highest BCUT2D eigenvalue weighted by Crippen LogP contribution is 2.46. The van der Waals surface area contributed by atoms with E-state index in [1.165, 1.54) is 5.56 Å². The predicted octanol–water partition coefficient (Wildman–Crippen LogP) is 10.7. The maximum absolute atomic E-state index is 13.5. The molecule has 2 unspecified atom stereocenters. The number of amides is 2. The van der Waals surface area contributed by atoms with E-state index in [0.717, 1.165) is 35.3 Å². The van der Waals surface area contributed by atoms with Gasteiger partial charge in [-0.25, -0.2) is 0 Å². The van der Waals surface area contributed by atoms with E-state index in [4.69, 9.17) is 13.9 Å². The van der Waals surface area contributed by atoms with Crippen LogP contribution in [-0.2, 0) is 20.6 Å². The van der Waals surface area contributed by atoms with Crippen LogP contribution in [0.2, 0.25) is 18.1 Å². The Morgan fingerprint density at radius 2 is 1.20 bits per heavy atom. The summed E-state index contributed by atoms with van der Waals surface area (Å²) in [5.41, 5.74) is 3.37. The highest BCUT2D eigenvalue weighted by molar-refractivity contribution is 6.74. The lowest BCUT2D eigenvalue weighted by Gasteiger charge is -2.40. The van der Waals surface area contributed by atoms with Crippen molar-refractivity contribution in [3.05, 3.63) is 172 Å². The number of fused-ring (bicyclic) bond motifs is 2. The van der Waals surface area contributed by atoms with Crippen molar-refractivity contribution in [2.75, 3.05) is 33.4 Å². The molecule has 2 heterocycles. The summed E-state index contributed by atoms with van der Waals surface area (Å²) >= 11 is 0. The predicted molar refractivity (Wildman–Crippen MR) is 242 cm³/mol. The summed E-state index contributed by atoms with van der Waals surface area (Å²) in [6.45, 7) is 17.5. The minimum atomic E-state index is -1.83. The first-order chi connectivity index (χ1) is 28.7. The monoisotopic (exact) mass is 826 g/mol. The summed E-state index contributed by atoms with van der Waals surface area (Å²) in [6, 6.07) is 42.9. The minimum Gasteiger partial charge on any atom is -0.497 e. The van der Waals surface area contributed by atoms with Crippen molar-refractivity contribution in [3.8, 4) is 5.75 Å². The molecule has 0 radical (unpaired) electrons. The van der Waals surface area contributed by atoms with Crippen LogP contribution in [0.25, 0.3) is 0 Å². The van der Waals surface area contributed by atoms with Gasteiger partial charge < -0.3 is 28.8 Å². The zero-order valence-electron chi connectivity index (χ0n) is 36.6. The standard InChI is InChI=1S/C28H31NO3.C23H31NO3Si/c1-4-5-19-29-27(30)25-13-9-10-14-26(25)28(29,23-11-7-6-8-12-23)32-20-21(2)22-15-17-24(31-3)18-16-22;1-22(2,3)28(4,5)27-17-11-16-24-21(25)19-14-9-10-15-20(19)23(24,26)18-12-7-6-8-13-18/h6-18,21H,4-5,19-20H2,1-3H3;6-10,12-15,26H,11,16-17H2,1-5H3/t21-,28?;/m0./s1. The number of ether oxygens (including phenoxy) is 2. The highest BCUT2D eigenvalue weighted by Gasteiger charge is 2.52. The van der Waals surface area contributed by atoms with Gasteiger partial charge in [0.25, 0.3) is 11.8 Å². The van der Waals surface area contributed by atoms with Crippen LogP contribution >= 0.6 is 0 Å². The van der Waals surface area contributed by atoms with Gasteiger partial charge >= 0.3 is 0 Å². The van der Waals surface area contributed by atoms with Crippen molar-refractivity contribution in [2.24, 2.45) is 0 Å². The van der Waals surface area contributed by atoms with Gasteiger partial charge in [0.15, 0.2) is 19.8 Å². The highest BCUT2D eigenvalue weighted by atomic mass is 28.4. The minimum absolute atomic E-state index is 0.0370. The summed E-state index contributed by atoms with van der Waals surface area (Å²) in [5.74, 6) is 0.894. The molecular weight excluding hydrogens is 765 g/mol. The van der Waals surface area contributed by atoms with Crippen molar-refractivity contribution in [1.29, 1.82) is 0 Å². The normalized spacial score (nSPS) is 19.1. The molecule has 2 amide bonds. The molecule has 9 heteroatoms. The van der Waals surface area contributed by atoms with Gasteiger partial charge in [-0.15, -0.1) is 0 Å². The lowest BCUT2D eigenvalue weighted by atomic mass is 9.92. The number of unbranched alkanes of at least 4 members (excludes halogenated alkanes) is 1. The lowest BCUT2D eigenvalue weighted by molar-refractivity contribution is -0.111. The van der Waals surface area contributed by atoms with Crippen LogP contribution in [0, 0.1) is 0 Å². The fraction of sp³-hybridized carbons (Fsp3) is 0.373. The molecule has 0 aromatic heterocycles. The quantitative estimate of drug-likeness (QED) is 0.0835. The molecule has 8 nitrogen and oxygen atoms in total. The van der Waals surface area contributed by atoms with E-state index in [0.29, 0.717) is 49.4 Å². The van der Waals surface area contributed by atoms with Gasteiger partial charge in [-0.05, 0) is 60.8 Å². The maximum atomic E-state index is 13.5. The zero-order chi connectivity index (χ0) is 43.1. The number of carbonyl (C=O) groups is 2. The van der Waals surface area contributed by atoms with E-state index in [2.05, 4.69) is 72.0 Å². The summed E-state index contributed by atoms with van der Waals surface area (Å²) in [5, 5.41) is 11.9. The first kappa shape index (κ1) is 44.5. The Bertz CT molecular complexity index is 2210. The molecule has 5 aromatic carbocycles. The summed E-state index contributed by atoms with van der Waals surface area (Å²) in [6.07, 6.45) is 2.61. The molecule has 2 aliphatic rings. The Kier molecular flexibility index (Phi) is 13.9. The lowest BCUT2D eigenvalue weighted by Crippen LogP contribution is -2.48. The molecule has 60 heavy (non-hydrogen) atoms. The second kappa shape index (κ2) is 18.7.